The van der Waals surface area contributed by atoms with Crippen LogP contribution in [0.25, 0.3) is 0 Å². The maximum atomic E-state index is 12.8. The molecule has 3 fully saturated rings. The number of carbonyl (C=O) groups excluding carboxylic acids is 3. The van der Waals surface area contributed by atoms with Gasteiger partial charge in [-0.25, -0.2) is 4.79 Å². The van der Waals surface area contributed by atoms with Gasteiger partial charge in [-0.2, -0.15) is 5.06 Å². The molecule has 1 aliphatic carbocycles. The van der Waals surface area contributed by atoms with Crippen molar-refractivity contribution < 1.29 is 19.2 Å². The molecular formula is C21H27N3O4. The van der Waals surface area contributed by atoms with Crippen LogP contribution in [0.15, 0.2) is 30.3 Å². The number of benzene rings is 1. The number of hydrogen-bond donors (Lipinski definition) is 1. The van der Waals surface area contributed by atoms with Gasteiger partial charge in [0.05, 0.1) is 12.6 Å². The van der Waals surface area contributed by atoms with Gasteiger partial charge in [-0.15, -0.1) is 0 Å². The second-order valence-electron chi connectivity index (χ2n) is 7.93. The van der Waals surface area contributed by atoms with Crippen LogP contribution >= 0.6 is 0 Å². The van der Waals surface area contributed by atoms with Crippen LogP contribution in [0.5, 0.6) is 0 Å². The summed E-state index contributed by atoms with van der Waals surface area (Å²) < 4.78 is 0. The summed E-state index contributed by atoms with van der Waals surface area (Å²) in [6, 6.07) is 8.88. The number of fused-ring (bicyclic) bond motifs is 2. The third kappa shape index (κ3) is 3.90. The lowest BCUT2D eigenvalue weighted by Gasteiger charge is -2.29. The summed E-state index contributed by atoms with van der Waals surface area (Å²) in [5.74, 6) is -0.0329. The van der Waals surface area contributed by atoms with E-state index in [0.717, 1.165) is 31.2 Å². The first-order valence-corrected chi connectivity index (χ1v) is 10.2. The fourth-order valence-electron chi connectivity index (χ4n) is 4.47. The topological polar surface area (TPSA) is 79.0 Å². The Hall–Kier alpha value is -2.41. The monoisotopic (exact) mass is 385 g/mol. The lowest BCUT2D eigenvalue weighted by atomic mass is 9.99. The predicted octanol–water partition coefficient (Wildman–Crippen LogP) is 2.26. The van der Waals surface area contributed by atoms with Gasteiger partial charge in [-0.1, -0.05) is 43.2 Å². The zero-order valence-electron chi connectivity index (χ0n) is 16.0. The zero-order chi connectivity index (χ0) is 19.5. The quantitative estimate of drug-likeness (QED) is 0.781. The summed E-state index contributed by atoms with van der Waals surface area (Å²) >= 11 is 0. The van der Waals surface area contributed by atoms with Gasteiger partial charge >= 0.3 is 6.03 Å². The molecule has 2 atom stereocenters. The Morgan fingerprint density at radius 3 is 2.57 bits per heavy atom. The minimum atomic E-state index is -0.523. The van der Waals surface area contributed by atoms with Crippen molar-refractivity contribution in [2.75, 3.05) is 13.1 Å². The molecule has 7 heteroatoms. The van der Waals surface area contributed by atoms with Crippen molar-refractivity contribution in [2.45, 2.75) is 57.2 Å². The zero-order valence-corrected chi connectivity index (χ0v) is 16.0. The van der Waals surface area contributed by atoms with E-state index in [1.807, 2.05) is 30.3 Å². The van der Waals surface area contributed by atoms with Crippen molar-refractivity contribution in [1.29, 1.82) is 0 Å². The van der Waals surface area contributed by atoms with E-state index in [-0.39, 0.29) is 36.2 Å². The van der Waals surface area contributed by atoms with E-state index in [0.29, 0.717) is 26.0 Å². The van der Waals surface area contributed by atoms with Gasteiger partial charge in [-0.3, -0.25) is 14.4 Å². The second-order valence-corrected chi connectivity index (χ2v) is 7.93. The van der Waals surface area contributed by atoms with E-state index in [1.165, 1.54) is 5.06 Å². The molecule has 1 N–H and O–H groups in total. The maximum absolute atomic E-state index is 12.8. The molecule has 1 aromatic carbocycles. The third-order valence-corrected chi connectivity index (χ3v) is 6.09. The third-order valence-electron chi connectivity index (χ3n) is 6.09. The number of hydrogen-bond acceptors (Lipinski definition) is 4. The normalized spacial score (nSPS) is 24.6. The highest BCUT2D eigenvalue weighted by atomic mass is 16.7. The maximum Gasteiger partial charge on any atom is 0.345 e. The van der Waals surface area contributed by atoms with Gasteiger partial charge in [0.1, 0.15) is 12.6 Å². The molecule has 2 saturated heterocycles. The number of Topliss-reactive ketones (excluding diaryl/α,β-unsaturated/α-hetero) is 1. The molecule has 2 bridgehead atoms. The minimum Gasteiger partial charge on any atom is -0.347 e. The number of nitrogens with one attached hydrogen (secondary N) is 1. The Morgan fingerprint density at radius 2 is 1.82 bits per heavy atom. The fraction of sp³-hybridized carbons (Fsp3) is 0.571. The molecule has 0 aromatic heterocycles. The number of nitrogens with zero attached hydrogens (tertiary/aromatic N) is 2. The van der Waals surface area contributed by atoms with Crippen LogP contribution in [0.4, 0.5) is 4.79 Å². The highest BCUT2D eigenvalue weighted by molar-refractivity contribution is 5.92. The van der Waals surface area contributed by atoms with Crippen LogP contribution in [0, 0.1) is 5.92 Å². The lowest BCUT2D eigenvalue weighted by Crippen LogP contribution is -2.50. The molecule has 2 heterocycles. The number of hydroxylamine groups is 2. The Kier molecular flexibility index (Phi) is 5.62. The van der Waals surface area contributed by atoms with Gasteiger partial charge in [0.2, 0.25) is 5.91 Å². The molecule has 3 amide bonds. The number of urea groups is 1. The molecule has 3 aliphatic rings. The average molecular weight is 385 g/mol. The first-order valence-electron chi connectivity index (χ1n) is 10.2. The van der Waals surface area contributed by atoms with E-state index >= 15 is 0 Å². The van der Waals surface area contributed by atoms with Crippen LogP contribution in [0.1, 0.15) is 44.1 Å². The van der Waals surface area contributed by atoms with Crippen molar-refractivity contribution >= 4 is 17.7 Å². The smallest absolute Gasteiger partial charge is 0.345 e. The molecule has 0 radical (unpaired) electrons. The van der Waals surface area contributed by atoms with Crippen molar-refractivity contribution in [1.82, 2.24) is 15.3 Å². The van der Waals surface area contributed by atoms with Crippen molar-refractivity contribution in [3.05, 3.63) is 35.9 Å². The highest BCUT2D eigenvalue weighted by Crippen LogP contribution is 2.30. The highest BCUT2D eigenvalue weighted by Gasteiger charge is 2.47. The molecule has 7 nitrogen and oxygen atoms in total. The van der Waals surface area contributed by atoms with E-state index in [9.17, 15) is 14.4 Å². The molecule has 1 aromatic rings. The van der Waals surface area contributed by atoms with Gasteiger partial charge in [0.25, 0.3) is 0 Å². The molecular weight excluding hydrogens is 358 g/mol. The van der Waals surface area contributed by atoms with E-state index < -0.39 is 6.04 Å². The Morgan fingerprint density at radius 1 is 1.07 bits per heavy atom. The van der Waals surface area contributed by atoms with Gasteiger partial charge < -0.3 is 10.2 Å². The number of piperidine rings is 1. The summed E-state index contributed by atoms with van der Waals surface area (Å²) in [5, 5.41) is 4.18. The summed E-state index contributed by atoms with van der Waals surface area (Å²) in [6.07, 6.45) is 5.35. The summed E-state index contributed by atoms with van der Waals surface area (Å²) in [6.45, 7) is 0.881. The van der Waals surface area contributed by atoms with Gasteiger partial charge in [0.15, 0.2) is 5.78 Å². The van der Waals surface area contributed by atoms with E-state index in [1.54, 1.807) is 4.90 Å². The molecule has 4 rings (SSSR count). The summed E-state index contributed by atoms with van der Waals surface area (Å²) in [7, 11) is 0. The number of amides is 3. The van der Waals surface area contributed by atoms with Crippen molar-refractivity contribution in [3.63, 3.8) is 0 Å². The SMILES string of the molecule is O=C(CNC(=O)[C@@H]1CC[C@@H]2CN1C(=O)N2OCc1ccccc1)C1CCCC1. The summed E-state index contributed by atoms with van der Waals surface area (Å²) in [5.41, 5.74) is 0.992. The molecule has 28 heavy (non-hydrogen) atoms. The molecule has 1 saturated carbocycles. The lowest BCUT2D eigenvalue weighted by molar-refractivity contribution is -0.140. The number of rotatable bonds is 7. The van der Waals surface area contributed by atoms with Gasteiger partial charge in [0, 0.05) is 12.5 Å². The molecule has 2 aliphatic heterocycles. The molecule has 0 unspecified atom stereocenters. The van der Waals surface area contributed by atoms with Crippen LogP contribution in [-0.4, -0.2) is 52.9 Å². The Labute approximate surface area is 165 Å². The van der Waals surface area contributed by atoms with Crippen LogP contribution in [0.3, 0.4) is 0 Å². The van der Waals surface area contributed by atoms with E-state index in [4.69, 9.17) is 4.84 Å². The van der Waals surface area contributed by atoms with Crippen LogP contribution in [0.2, 0.25) is 0 Å². The Balaban J connectivity index is 1.31. The Bertz CT molecular complexity index is 732. The molecule has 0 spiro atoms. The average Bonchev–Trinajstić information content (AvgIpc) is 3.34. The molecule has 150 valence electrons. The first-order chi connectivity index (χ1) is 13.6. The van der Waals surface area contributed by atoms with Crippen molar-refractivity contribution in [2.24, 2.45) is 5.92 Å². The minimum absolute atomic E-state index is 0.0274. The van der Waals surface area contributed by atoms with Crippen LogP contribution < -0.4 is 5.32 Å². The van der Waals surface area contributed by atoms with Crippen molar-refractivity contribution in [3.8, 4) is 0 Å². The first kappa shape index (κ1) is 18.9. The van der Waals surface area contributed by atoms with Gasteiger partial charge in [-0.05, 0) is 31.2 Å². The fourth-order valence-corrected chi connectivity index (χ4v) is 4.47. The summed E-state index contributed by atoms with van der Waals surface area (Å²) in [4.78, 5) is 44.9. The van der Waals surface area contributed by atoms with Crippen LogP contribution in [-0.2, 0) is 21.0 Å². The standard InChI is InChI=1S/C21H27N3O4/c25-19(16-8-4-5-9-16)12-22-20(26)18-11-10-17-13-23(18)21(27)24(17)28-14-15-6-2-1-3-7-15/h1-3,6-7,16-18H,4-5,8-14H2,(H,22,26)/t17-,18+/m1/s1. The largest absolute Gasteiger partial charge is 0.347 e. The second kappa shape index (κ2) is 8.31. The van der Waals surface area contributed by atoms with E-state index in [2.05, 4.69) is 5.32 Å². The predicted molar refractivity (Wildman–Crippen MR) is 102 cm³/mol. The number of carbonyl (C=O) groups is 3. The number of ketones is 1.